The molecule has 3 nitrogen and oxygen atoms in total. The smallest absolute Gasteiger partial charge is 0.129 e. The predicted octanol–water partition coefficient (Wildman–Crippen LogP) is 5.96. The molecule has 0 aromatic rings. The van der Waals surface area contributed by atoms with E-state index in [1.165, 1.54) is 16.7 Å². The van der Waals surface area contributed by atoms with Gasteiger partial charge in [0.25, 0.3) is 0 Å². The molecule has 0 saturated heterocycles. The monoisotopic (exact) mass is 365 g/mol. The van der Waals surface area contributed by atoms with Gasteiger partial charge >= 0.3 is 0 Å². The summed E-state index contributed by atoms with van der Waals surface area (Å²) >= 11 is 0. The lowest BCUT2D eigenvalue weighted by atomic mass is 9.88. The number of amidine groups is 2. The molecule has 0 aromatic heterocycles. The molecule has 146 valence electrons. The maximum Gasteiger partial charge on any atom is 0.129 e. The van der Waals surface area contributed by atoms with Crippen LogP contribution in [0.25, 0.3) is 0 Å². The van der Waals surface area contributed by atoms with Gasteiger partial charge in [0.1, 0.15) is 11.7 Å². The summed E-state index contributed by atoms with van der Waals surface area (Å²) in [6.07, 6.45) is 15.7. The fourth-order valence-corrected chi connectivity index (χ4v) is 2.73. The van der Waals surface area contributed by atoms with Crippen LogP contribution in [0, 0.1) is 5.92 Å². The van der Waals surface area contributed by atoms with Gasteiger partial charge < -0.3 is 5.32 Å². The zero-order chi connectivity index (χ0) is 20.2. The maximum atomic E-state index is 4.57. The van der Waals surface area contributed by atoms with E-state index in [-0.39, 0.29) is 0 Å². The molecular formula is C24H35N3. The van der Waals surface area contributed by atoms with Crippen molar-refractivity contribution in [2.24, 2.45) is 15.9 Å². The molecule has 1 unspecified atom stereocenters. The summed E-state index contributed by atoms with van der Waals surface area (Å²) in [5.41, 5.74) is 5.02. The third-order valence-corrected chi connectivity index (χ3v) is 4.65. The molecule has 0 radical (unpaired) electrons. The van der Waals surface area contributed by atoms with Gasteiger partial charge in [-0.25, -0.2) is 0 Å². The molecule has 0 saturated carbocycles. The van der Waals surface area contributed by atoms with Crippen LogP contribution < -0.4 is 5.32 Å². The lowest BCUT2D eigenvalue weighted by molar-refractivity contribution is 0.670. The second kappa shape index (κ2) is 12.1. The largest absolute Gasteiger partial charge is 0.325 e. The van der Waals surface area contributed by atoms with Gasteiger partial charge in [0.15, 0.2) is 0 Å². The fourth-order valence-electron chi connectivity index (χ4n) is 2.73. The van der Waals surface area contributed by atoms with Gasteiger partial charge in [0.05, 0.1) is 6.54 Å². The van der Waals surface area contributed by atoms with Crippen molar-refractivity contribution in [3.8, 4) is 0 Å². The summed E-state index contributed by atoms with van der Waals surface area (Å²) in [7, 11) is 1.81. The molecule has 1 aliphatic carbocycles. The van der Waals surface area contributed by atoms with Crippen LogP contribution in [0.4, 0.5) is 0 Å². The first-order valence-electron chi connectivity index (χ1n) is 9.64. The highest BCUT2D eigenvalue weighted by Gasteiger charge is 2.14. The summed E-state index contributed by atoms with van der Waals surface area (Å²) in [4.78, 5) is 9.00. The highest BCUT2D eigenvalue weighted by molar-refractivity contribution is 6.12. The quantitative estimate of drug-likeness (QED) is 0.245. The van der Waals surface area contributed by atoms with Crippen LogP contribution in [0.5, 0.6) is 0 Å². The number of nitrogens with one attached hydrogen (secondary N) is 1. The Kier molecular flexibility index (Phi) is 10.1. The van der Waals surface area contributed by atoms with Crippen LogP contribution in [0.1, 0.15) is 47.0 Å². The molecule has 0 bridgehead atoms. The van der Waals surface area contributed by atoms with Crippen molar-refractivity contribution >= 4 is 11.7 Å². The van der Waals surface area contributed by atoms with Gasteiger partial charge in [-0.1, -0.05) is 67.2 Å². The van der Waals surface area contributed by atoms with Crippen molar-refractivity contribution in [1.82, 2.24) is 5.32 Å². The Labute approximate surface area is 165 Å². The SMILES string of the molecule is C=CC(=NCC(C)=CC)NC(=NC)C1=CCC(C(C)CC=CC(=C)C)=CC1. The predicted molar refractivity (Wildman–Crippen MR) is 122 cm³/mol. The molecule has 1 N–H and O–H groups in total. The Hall–Kier alpha value is -2.42. The van der Waals surface area contributed by atoms with Gasteiger partial charge in [-0.15, -0.1) is 0 Å². The van der Waals surface area contributed by atoms with Crippen LogP contribution in [-0.2, 0) is 0 Å². The minimum atomic E-state index is 0.544. The zero-order valence-corrected chi connectivity index (χ0v) is 17.7. The number of allylic oxidation sites excluding steroid dienone is 7. The lowest BCUT2D eigenvalue weighted by Crippen LogP contribution is -2.31. The van der Waals surface area contributed by atoms with Gasteiger partial charge in [0.2, 0.25) is 0 Å². The maximum absolute atomic E-state index is 4.57. The third kappa shape index (κ3) is 8.21. The van der Waals surface area contributed by atoms with Crippen LogP contribution >= 0.6 is 0 Å². The Morgan fingerprint density at radius 3 is 2.56 bits per heavy atom. The number of nitrogens with zero attached hydrogens (tertiary/aromatic N) is 2. The number of aliphatic imine (C=N–C) groups is 2. The van der Waals surface area contributed by atoms with Crippen LogP contribution in [0.15, 0.2) is 81.9 Å². The minimum absolute atomic E-state index is 0.544. The highest BCUT2D eigenvalue weighted by Crippen LogP contribution is 2.26. The van der Waals surface area contributed by atoms with E-state index in [0.29, 0.717) is 12.5 Å². The fraction of sp³-hybridized carbons (Fsp3) is 0.417. The summed E-state index contributed by atoms with van der Waals surface area (Å²) in [6.45, 7) is 16.8. The molecule has 0 fully saturated rings. The van der Waals surface area contributed by atoms with Gasteiger partial charge in [-0.2, -0.15) is 0 Å². The number of rotatable bonds is 8. The van der Waals surface area contributed by atoms with E-state index in [1.54, 1.807) is 6.08 Å². The average molecular weight is 366 g/mol. The van der Waals surface area contributed by atoms with Crippen molar-refractivity contribution < 1.29 is 0 Å². The Balaban J connectivity index is 2.71. The molecule has 0 heterocycles. The van der Waals surface area contributed by atoms with Crippen molar-refractivity contribution in [2.45, 2.75) is 47.0 Å². The lowest BCUT2D eigenvalue weighted by Gasteiger charge is -2.20. The van der Waals surface area contributed by atoms with Crippen molar-refractivity contribution in [2.75, 3.05) is 13.6 Å². The molecule has 1 rings (SSSR count). The van der Waals surface area contributed by atoms with E-state index in [1.807, 2.05) is 20.9 Å². The first-order valence-corrected chi connectivity index (χ1v) is 9.64. The molecule has 0 amide bonds. The standard InChI is InChI=1S/C24H35N3/c1-8-19(5)17-26-23(9-2)27-24(25-7)22-15-13-21(14-16-22)20(6)12-10-11-18(3)4/h8-11,13,16,20H,2-3,12,14-15,17H2,1,4-7H3,(H,25,26,27). The molecule has 1 aliphatic rings. The summed E-state index contributed by atoms with van der Waals surface area (Å²) in [5, 5.41) is 3.33. The van der Waals surface area contributed by atoms with E-state index >= 15 is 0 Å². The highest BCUT2D eigenvalue weighted by atomic mass is 15.1. The Bertz CT molecular complexity index is 712. The molecular weight excluding hydrogens is 330 g/mol. The van der Waals surface area contributed by atoms with E-state index in [9.17, 15) is 0 Å². The van der Waals surface area contributed by atoms with Crippen molar-refractivity contribution in [3.05, 3.63) is 71.9 Å². The van der Waals surface area contributed by atoms with E-state index in [4.69, 9.17) is 0 Å². The van der Waals surface area contributed by atoms with Crippen LogP contribution in [0.2, 0.25) is 0 Å². The average Bonchev–Trinajstić information content (AvgIpc) is 2.67. The van der Waals surface area contributed by atoms with Gasteiger partial charge in [0, 0.05) is 7.05 Å². The van der Waals surface area contributed by atoms with E-state index < -0.39 is 0 Å². The van der Waals surface area contributed by atoms with Crippen LogP contribution in [0.3, 0.4) is 0 Å². The molecule has 0 spiro atoms. The molecule has 1 atom stereocenters. The Morgan fingerprint density at radius 2 is 2.04 bits per heavy atom. The molecule has 0 aromatic carbocycles. The summed E-state index contributed by atoms with van der Waals surface area (Å²) in [5.74, 6) is 2.17. The second-order valence-electron chi connectivity index (χ2n) is 7.04. The second-order valence-corrected chi connectivity index (χ2v) is 7.04. The summed E-state index contributed by atoms with van der Waals surface area (Å²) in [6, 6.07) is 0. The van der Waals surface area contributed by atoms with Gasteiger partial charge in [-0.05, 0) is 57.6 Å². The Morgan fingerprint density at radius 1 is 1.30 bits per heavy atom. The number of hydrogen-bond acceptors (Lipinski definition) is 2. The topological polar surface area (TPSA) is 36.8 Å². The summed E-state index contributed by atoms with van der Waals surface area (Å²) < 4.78 is 0. The van der Waals surface area contributed by atoms with Gasteiger partial charge in [-0.3, -0.25) is 9.98 Å². The molecule has 27 heavy (non-hydrogen) atoms. The number of hydrogen-bond donors (Lipinski definition) is 1. The third-order valence-electron chi connectivity index (χ3n) is 4.65. The molecule has 3 heteroatoms. The van der Waals surface area contributed by atoms with Crippen molar-refractivity contribution in [1.29, 1.82) is 0 Å². The normalized spacial score (nSPS) is 17.4. The first kappa shape index (κ1) is 22.6. The first-order chi connectivity index (χ1) is 12.9. The molecule has 0 aliphatic heterocycles. The van der Waals surface area contributed by atoms with E-state index in [0.717, 1.165) is 36.5 Å². The van der Waals surface area contributed by atoms with Crippen LogP contribution in [-0.4, -0.2) is 25.3 Å². The minimum Gasteiger partial charge on any atom is -0.325 e. The zero-order valence-electron chi connectivity index (χ0n) is 17.7. The van der Waals surface area contributed by atoms with E-state index in [2.05, 4.69) is 72.7 Å². The van der Waals surface area contributed by atoms with Crippen molar-refractivity contribution in [3.63, 3.8) is 0 Å².